The van der Waals surface area contributed by atoms with Crippen LogP contribution in [0.25, 0.3) is 22.4 Å². The van der Waals surface area contributed by atoms with Gasteiger partial charge < -0.3 is 24.7 Å². The highest BCUT2D eigenvalue weighted by molar-refractivity contribution is 6.30. The molecule has 11 nitrogen and oxygen atoms in total. The van der Waals surface area contributed by atoms with Crippen molar-refractivity contribution in [3.63, 3.8) is 0 Å². The summed E-state index contributed by atoms with van der Waals surface area (Å²) in [6.07, 6.45) is 8.36. The van der Waals surface area contributed by atoms with Crippen LogP contribution in [0.3, 0.4) is 0 Å². The van der Waals surface area contributed by atoms with Crippen molar-refractivity contribution in [1.82, 2.24) is 24.5 Å². The molecule has 2 fully saturated rings. The number of amides is 1. The number of aromatic nitrogens is 5. The van der Waals surface area contributed by atoms with Gasteiger partial charge in [0.25, 0.3) is 5.90 Å². The lowest BCUT2D eigenvalue weighted by atomic mass is 9.83. The van der Waals surface area contributed by atoms with Gasteiger partial charge in [0.15, 0.2) is 5.65 Å². The molecule has 1 aliphatic heterocycles. The second-order valence-corrected chi connectivity index (χ2v) is 10.8. The third-order valence-corrected chi connectivity index (χ3v) is 7.85. The van der Waals surface area contributed by atoms with E-state index in [4.69, 9.17) is 37.2 Å². The summed E-state index contributed by atoms with van der Waals surface area (Å²) in [5.74, 6) is 1.26. The van der Waals surface area contributed by atoms with E-state index in [1.807, 2.05) is 6.08 Å². The van der Waals surface area contributed by atoms with E-state index in [9.17, 15) is 4.79 Å². The predicted octanol–water partition coefficient (Wildman–Crippen LogP) is 4.57. The minimum atomic E-state index is -1.12. The fraction of sp³-hybridized carbons (Fsp3) is 0.481. The monoisotopic (exact) mass is 552 g/mol. The number of carbonyl (C=O) groups excluding carboxylic acids is 1. The van der Waals surface area contributed by atoms with Crippen LogP contribution in [0, 0.1) is 17.2 Å². The molecule has 0 spiro atoms. The van der Waals surface area contributed by atoms with Crippen LogP contribution in [0.5, 0.6) is 0 Å². The van der Waals surface area contributed by atoms with Crippen LogP contribution in [-0.4, -0.2) is 61.8 Å². The van der Waals surface area contributed by atoms with Gasteiger partial charge in [0.2, 0.25) is 11.8 Å². The standard InChI is InChI=1S/C27H33ClN8O3/c1-4-20-16(3)35(9-10-38-20)27-34-24-22(36(27)14-17-7-5-15(2)6-8-17)21(18-11-19(28)13-31-12-18)32-25(33-24)23(29)39-26(30)37/h4,11-13,15-17,20,29H,1,5-10,14H2,2-3H3,(H2,30,37)/t15-,16-,17-,20+/m1/s1. The van der Waals surface area contributed by atoms with Gasteiger partial charge in [-0.05, 0) is 37.7 Å². The summed E-state index contributed by atoms with van der Waals surface area (Å²) in [7, 11) is 0. The number of pyridine rings is 1. The first kappa shape index (κ1) is 27.0. The Morgan fingerprint density at radius 3 is 2.72 bits per heavy atom. The Hall–Kier alpha value is -3.57. The number of morpholine rings is 1. The molecule has 12 heteroatoms. The second-order valence-electron chi connectivity index (χ2n) is 10.4. The molecule has 1 aliphatic carbocycles. The molecule has 1 amide bonds. The normalized spacial score (nSPS) is 23.5. The zero-order chi connectivity index (χ0) is 27.7. The minimum Gasteiger partial charge on any atom is -0.388 e. The molecule has 0 aromatic carbocycles. The van der Waals surface area contributed by atoms with Crippen molar-refractivity contribution in [2.45, 2.75) is 58.2 Å². The van der Waals surface area contributed by atoms with Crippen molar-refractivity contribution in [2.24, 2.45) is 17.6 Å². The number of halogens is 1. The van der Waals surface area contributed by atoms with E-state index in [0.717, 1.165) is 31.3 Å². The molecule has 0 unspecified atom stereocenters. The average molecular weight is 553 g/mol. The van der Waals surface area contributed by atoms with Gasteiger partial charge in [-0.3, -0.25) is 10.4 Å². The molecule has 1 saturated heterocycles. The van der Waals surface area contributed by atoms with Gasteiger partial charge in [-0.25, -0.2) is 14.8 Å². The van der Waals surface area contributed by atoms with Crippen molar-refractivity contribution in [1.29, 1.82) is 5.41 Å². The maximum Gasteiger partial charge on any atom is 0.411 e. The van der Waals surface area contributed by atoms with E-state index in [1.54, 1.807) is 18.5 Å². The van der Waals surface area contributed by atoms with Crippen molar-refractivity contribution in [3.05, 3.63) is 42.0 Å². The molecule has 1 saturated carbocycles. The number of fused-ring (bicyclic) bond motifs is 1. The number of carbonyl (C=O) groups is 1. The average Bonchev–Trinajstić information content (AvgIpc) is 3.27. The summed E-state index contributed by atoms with van der Waals surface area (Å²) in [6.45, 7) is 10.3. The number of primary amides is 1. The third-order valence-electron chi connectivity index (χ3n) is 7.64. The van der Waals surface area contributed by atoms with E-state index >= 15 is 0 Å². The molecular formula is C27H33ClN8O3. The largest absolute Gasteiger partial charge is 0.411 e. The van der Waals surface area contributed by atoms with E-state index in [2.05, 4.69) is 44.8 Å². The van der Waals surface area contributed by atoms with Crippen LogP contribution in [0.15, 0.2) is 31.1 Å². The summed E-state index contributed by atoms with van der Waals surface area (Å²) in [5, 5.41) is 8.68. The second kappa shape index (κ2) is 11.3. The lowest BCUT2D eigenvalue weighted by Crippen LogP contribution is -2.50. The summed E-state index contributed by atoms with van der Waals surface area (Å²) < 4.78 is 12.9. The number of anilines is 1. The van der Waals surface area contributed by atoms with Crippen molar-refractivity contribution in [3.8, 4) is 11.3 Å². The number of hydrogen-bond acceptors (Lipinski definition) is 9. The highest BCUT2D eigenvalue weighted by Gasteiger charge is 2.33. The molecule has 3 N–H and O–H groups in total. The highest BCUT2D eigenvalue weighted by atomic mass is 35.5. The maximum atomic E-state index is 11.4. The van der Waals surface area contributed by atoms with Gasteiger partial charge in [-0.2, -0.15) is 4.98 Å². The SMILES string of the molecule is C=C[C@@H]1OCCN(c2nc3nc(C(=N)OC(N)=O)nc(-c4cncc(Cl)c4)c3n2C[C@H]2CC[C@H](C)CC2)[C@@H]1C. The van der Waals surface area contributed by atoms with E-state index in [0.29, 0.717) is 46.5 Å². The van der Waals surface area contributed by atoms with Crippen molar-refractivity contribution < 1.29 is 14.3 Å². The van der Waals surface area contributed by atoms with Crippen LogP contribution >= 0.6 is 11.6 Å². The Bertz CT molecular complexity index is 1400. The number of rotatable bonds is 6. The molecule has 0 bridgehead atoms. The molecule has 39 heavy (non-hydrogen) atoms. The first-order valence-electron chi connectivity index (χ1n) is 13.2. The van der Waals surface area contributed by atoms with Crippen LogP contribution < -0.4 is 10.6 Å². The molecule has 2 atom stereocenters. The lowest BCUT2D eigenvalue weighted by molar-refractivity contribution is 0.0462. The number of hydrogen-bond donors (Lipinski definition) is 2. The molecule has 206 valence electrons. The van der Waals surface area contributed by atoms with Crippen molar-refractivity contribution in [2.75, 3.05) is 18.1 Å². The zero-order valence-corrected chi connectivity index (χ0v) is 22.9. The first-order valence-corrected chi connectivity index (χ1v) is 13.6. The maximum absolute atomic E-state index is 11.4. The Balaban J connectivity index is 1.72. The van der Waals surface area contributed by atoms with Gasteiger partial charge in [0.05, 0.1) is 23.8 Å². The molecule has 5 rings (SSSR count). The van der Waals surface area contributed by atoms with Gasteiger partial charge in [-0.15, -0.1) is 6.58 Å². The van der Waals surface area contributed by atoms with E-state index in [1.165, 1.54) is 12.8 Å². The highest BCUT2D eigenvalue weighted by Crippen LogP contribution is 2.36. The Kier molecular flexibility index (Phi) is 7.81. The summed E-state index contributed by atoms with van der Waals surface area (Å²) in [5.41, 5.74) is 7.37. The van der Waals surface area contributed by atoms with Crippen LogP contribution in [0.4, 0.5) is 10.7 Å². The topological polar surface area (TPSA) is 145 Å². The van der Waals surface area contributed by atoms with Gasteiger partial charge in [0.1, 0.15) is 11.2 Å². The molecular weight excluding hydrogens is 520 g/mol. The van der Waals surface area contributed by atoms with Gasteiger partial charge >= 0.3 is 6.09 Å². The number of nitrogens with one attached hydrogen (secondary N) is 1. The minimum absolute atomic E-state index is 0.0154. The van der Waals surface area contributed by atoms with Crippen LogP contribution in [-0.2, 0) is 16.0 Å². The van der Waals surface area contributed by atoms with E-state index < -0.39 is 12.0 Å². The Morgan fingerprint density at radius 1 is 1.26 bits per heavy atom. The Labute approximate surface area is 231 Å². The fourth-order valence-electron chi connectivity index (χ4n) is 5.53. The molecule has 0 radical (unpaired) electrons. The van der Waals surface area contributed by atoms with Crippen LogP contribution in [0.2, 0.25) is 5.02 Å². The van der Waals surface area contributed by atoms with Gasteiger partial charge in [0, 0.05) is 31.0 Å². The number of ether oxygens (including phenoxy) is 2. The van der Waals surface area contributed by atoms with Gasteiger partial charge in [-0.1, -0.05) is 37.4 Å². The van der Waals surface area contributed by atoms with E-state index in [-0.39, 0.29) is 18.0 Å². The van der Waals surface area contributed by atoms with Crippen LogP contribution in [0.1, 0.15) is 45.4 Å². The third kappa shape index (κ3) is 5.60. The summed E-state index contributed by atoms with van der Waals surface area (Å²) >= 11 is 6.32. The lowest BCUT2D eigenvalue weighted by Gasteiger charge is -2.39. The fourth-order valence-corrected chi connectivity index (χ4v) is 5.71. The molecule has 3 aromatic heterocycles. The molecule has 3 aromatic rings. The summed E-state index contributed by atoms with van der Waals surface area (Å²) in [4.78, 5) is 32.0. The number of nitrogens with two attached hydrogens (primary N) is 1. The first-order chi connectivity index (χ1) is 18.7. The summed E-state index contributed by atoms with van der Waals surface area (Å²) in [6, 6.07) is 1.74. The smallest absolute Gasteiger partial charge is 0.388 e. The predicted molar refractivity (Wildman–Crippen MR) is 149 cm³/mol. The molecule has 4 heterocycles. The van der Waals surface area contributed by atoms with Crippen molar-refractivity contribution >= 4 is 40.7 Å². The number of imidazole rings is 1. The molecule has 2 aliphatic rings. The number of nitrogens with zero attached hydrogens (tertiary/aromatic N) is 6. The zero-order valence-electron chi connectivity index (χ0n) is 22.1. The Morgan fingerprint density at radius 2 is 2.03 bits per heavy atom. The quantitative estimate of drug-likeness (QED) is 0.257.